The van der Waals surface area contributed by atoms with E-state index in [1.165, 1.54) is 31.4 Å². The number of hydrogen-bond donors (Lipinski definition) is 1. The molecule has 3 rings (SSSR count). The number of carbonyl (C=O) groups is 1. The molecule has 0 aliphatic heterocycles. The first-order valence-corrected chi connectivity index (χ1v) is 9.35. The fourth-order valence-electron chi connectivity index (χ4n) is 3.33. The van der Waals surface area contributed by atoms with Crippen LogP contribution < -0.4 is 5.32 Å². The Balaban J connectivity index is 1.46. The van der Waals surface area contributed by atoms with Crippen LogP contribution in [0.4, 0.5) is 4.39 Å². The van der Waals surface area contributed by atoms with Crippen molar-refractivity contribution >= 4 is 5.91 Å². The molecular weight excluding hydrogens is 333 g/mol. The van der Waals surface area contributed by atoms with Crippen LogP contribution in [0.3, 0.4) is 0 Å². The van der Waals surface area contributed by atoms with Crippen LogP contribution >= 0.6 is 0 Å². The summed E-state index contributed by atoms with van der Waals surface area (Å²) in [6, 6.07) is 6.03. The first-order valence-electron chi connectivity index (χ1n) is 9.35. The molecule has 26 heavy (non-hydrogen) atoms. The summed E-state index contributed by atoms with van der Waals surface area (Å²) < 4.78 is 20.6. The third-order valence-electron chi connectivity index (χ3n) is 4.84. The van der Waals surface area contributed by atoms with Gasteiger partial charge in [0.05, 0.1) is 29.2 Å². The van der Waals surface area contributed by atoms with Crippen LogP contribution in [0.2, 0.25) is 0 Å². The summed E-state index contributed by atoms with van der Waals surface area (Å²) in [4.78, 5) is 12.4. The van der Waals surface area contributed by atoms with Gasteiger partial charge in [-0.3, -0.25) is 4.79 Å². The van der Waals surface area contributed by atoms with E-state index < -0.39 is 0 Å². The quantitative estimate of drug-likeness (QED) is 0.765. The highest BCUT2D eigenvalue weighted by atomic mass is 19.1. The zero-order valence-electron chi connectivity index (χ0n) is 15.2. The maximum Gasteiger partial charge on any atom is 0.254 e. The van der Waals surface area contributed by atoms with Crippen molar-refractivity contribution in [1.29, 1.82) is 0 Å². The number of nitrogens with one attached hydrogen (secondary N) is 1. The summed E-state index contributed by atoms with van der Waals surface area (Å²) in [5.74, 6) is -0.444. The monoisotopic (exact) mass is 359 g/mol. The lowest BCUT2D eigenvalue weighted by Gasteiger charge is -2.21. The van der Waals surface area contributed by atoms with Crippen molar-refractivity contribution in [1.82, 2.24) is 15.1 Å². The van der Waals surface area contributed by atoms with E-state index in [9.17, 15) is 9.18 Å². The van der Waals surface area contributed by atoms with Crippen molar-refractivity contribution in [2.45, 2.75) is 51.6 Å². The second-order valence-electron chi connectivity index (χ2n) is 6.77. The van der Waals surface area contributed by atoms with Gasteiger partial charge in [-0.2, -0.15) is 5.10 Å². The van der Waals surface area contributed by atoms with Crippen molar-refractivity contribution in [2.75, 3.05) is 13.2 Å². The number of hydrogen-bond acceptors (Lipinski definition) is 3. The van der Waals surface area contributed by atoms with Gasteiger partial charge in [0.1, 0.15) is 5.82 Å². The van der Waals surface area contributed by atoms with Gasteiger partial charge in [0.25, 0.3) is 5.91 Å². The Hall–Kier alpha value is -2.21. The van der Waals surface area contributed by atoms with E-state index in [0.29, 0.717) is 24.8 Å². The summed E-state index contributed by atoms with van der Waals surface area (Å²) in [5, 5.41) is 7.17. The highest BCUT2D eigenvalue weighted by Gasteiger charge is 2.15. The Morgan fingerprint density at radius 2 is 2.00 bits per heavy atom. The zero-order chi connectivity index (χ0) is 18.4. The lowest BCUT2D eigenvalue weighted by atomic mass is 9.98. The van der Waals surface area contributed by atoms with Crippen molar-refractivity contribution in [3.05, 3.63) is 47.5 Å². The Morgan fingerprint density at radius 3 is 2.73 bits per heavy atom. The van der Waals surface area contributed by atoms with Crippen molar-refractivity contribution in [3.8, 4) is 5.69 Å². The molecule has 0 radical (unpaired) electrons. The molecule has 1 aromatic carbocycles. The highest BCUT2D eigenvalue weighted by Crippen LogP contribution is 2.20. The van der Waals surface area contributed by atoms with Crippen LogP contribution in [-0.4, -0.2) is 34.9 Å². The van der Waals surface area contributed by atoms with Gasteiger partial charge in [0.15, 0.2) is 0 Å². The van der Waals surface area contributed by atoms with Gasteiger partial charge in [-0.1, -0.05) is 19.3 Å². The summed E-state index contributed by atoms with van der Waals surface area (Å²) in [7, 11) is 0. The predicted octanol–water partition coefficient (Wildman–Crippen LogP) is 3.79. The molecule has 1 aromatic heterocycles. The Bertz CT molecular complexity index is 721. The molecule has 0 atom stereocenters. The summed E-state index contributed by atoms with van der Waals surface area (Å²) in [5.41, 5.74) is 1.99. The van der Waals surface area contributed by atoms with Crippen LogP contribution in [0.5, 0.6) is 0 Å². The number of aromatic nitrogens is 2. The van der Waals surface area contributed by atoms with E-state index in [4.69, 9.17) is 4.74 Å². The number of nitrogens with zero attached hydrogens (tertiary/aromatic N) is 2. The van der Waals surface area contributed by atoms with Gasteiger partial charge >= 0.3 is 0 Å². The standard InChI is InChI=1S/C20H26FN3O2/c1-15-19(14-23-24(15)17-10-8-16(21)9-11-17)20(25)22-12-5-13-26-18-6-3-2-4-7-18/h8-11,14,18H,2-7,12-13H2,1H3,(H,22,25). The lowest BCUT2D eigenvalue weighted by molar-refractivity contribution is 0.0273. The molecule has 0 spiro atoms. The van der Waals surface area contributed by atoms with Gasteiger partial charge in [-0.05, 0) is 50.5 Å². The molecule has 1 amide bonds. The lowest BCUT2D eigenvalue weighted by Crippen LogP contribution is -2.26. The Labute approximate surface area is 153 Å². The molecule has 0 bridgehead atoms. The normalized spacial score (nSPS) is 15.2. The van der Waals surface area contributed by atoms with Crippen LogP contribution in [0.1, 0.15) is 54.6 Å². The van der Waals surface area contributed by atoms with Crippen molar-refractivity contribution in [2.24, 2.45) is 0 Å². The fraction of sp³-hybridized carbons (Fsp3) is 0.500. The molecule has 0 saturated heterocycles. The van der Waals surface area contributed by atoms with Crippen LogP contribution in [0, 0.1) is 12.7 Å². The number of benzene rings is 1. The minimum atomic E-state index is -0.299. The van der Waals surface area contributed by atoms with Gasteiger partial charge in [-0.15, -0.1) is 0 Å². The molecule has 1 N–H and O–H groups in total. The first kappa shape index (κ1) is 18.6. The molecule has 0 unspecified atom stereocenters. The molecule has 1 aliphatic carbocycles. The van der Waals surface area contributed by atoms with Crippen LogP contribution in [0.25, 0.3) is 5.69 Å². The third kappa shape index (κ3) is 4.69. The van der Waals surface area contributed by atoms with Crippen LogP contribution in [0.15, 0.2) is 30.5 Å². The van der Waals surface area contributed by atoms with E-state index in [-0.39, 0.29) is 11.7 Å². The number of ether oxygens (including phenoxy) is 1. The summed E-state index contributed by atoms with van der Waals surface area (Å²) in [6.07, 6.45) is 8.91. The smallest absolute Gasteiger partial charge is 0.254 e. The molecule has 140 valence electrons. The topological polar surface area (TPSA) is 56.1 Å². The van der Waals surface area contributed by atoms with Crippen LogP contribution in [-0.2, 0) is 4.74 Å². The van der Waals surface area contributed by atoms with E-state index in [0.717, 1.165) is 30.6 Å². The average Bonchev–Trinajstić information content (AvgIpc) is 3.04. The second kappa shape index (κ2) is 8.94. The van der Waals surface area contributed by atoms with Gasteiger partial charge in [-0.25, -0.2) is 9.07 Å². The maximum absolute atomic E-state index is 13.1. The molecule has 1 fully saturated rings. The number of rotatable bonds is 7. The molecule has 1 aliphatic rings. The van der Waals surface area contributed by atoms with E-state index in [1.54, 1.807) is 23.0 Å². The molecule has 5 nitrogen and oxygen atoms in total. The van der Waals surface area contributed by atoms with E-state index in [2.05, 4.69) is 10.4 Å². The van der Waals surface area contributed by atoms with Gasteiger partial charge in [0.2, 0.25) is 0 Å². The number of amides is 1. The maximum atomic E-state index is 13.1. The Morgan fingerprint density at radius 1 is 1.27 bits per heavy atom. The third-order valence-corrected chi connectivity index (χ3v) is 4.84. The summed E-state index contributed by atoms with van der Waals surface area (Å²) >= 11 is 0. The minimum Gasteiger partial charge on any atom is -0.378 e. The highest BCUT2D eigenvalue weighted by molar-refractivity contribution is 5.95. The van der Waals surface area contributed by atoms with Gasteiger partial charge < -0.3 is 10.1 Å². The van der Waals surface area contributed by atoms with Gasteiger partial charge in [0, 0.05) is 13.2 Å². The number of halogens is 1. The molecule has 6 heteroatoms. The van der Waals surface area contributed by atoms with Crippen molar-refractivity contribution in [3.63, 3.8) is 0 Å². The molecule has 1 saturated carbocycles. The minimum absolute atomic E-state index is 0.145. The summed E-state index contributed by atoms with van der Waals surface area (Å²) in [6.45, 7) is 3.09. The van der Waals surface area contributed by atoms with Crippen molar-refractivity contribution < 1.29 is 13.9 Å². The first-order chi connectivity index (χ1) is 12.6. The zero-order valence-corrected chi connectivity index (χ0v) is 15.2. The molecule has 1 heterocycles. The molecule has 2 aromatic rings. The Kier molecular flexibility index (Phi) is 6.39. The molecular formula is C20H26FN3O2. The average molecular weight is 359 g/mol. The fourth-order valence-corrected chi connectivity index (χ4v) is 3.33. The second-order valence-corrected chi connectivity index (χ2v) is 6.77. The number of carbonyl (C=O) groups excluding carboxylic acids is 1. The van der Waals surface area contributed by atoms with E-state index in [1.807, 2.05) is 6.92 Å². The largest absolute Gasteiger partial charge is 0.378 e. The predicted molar refractivity (Wildman–Crippen MR) is 98.0 cm³/mol. The SMILES string of the molecule is Cc1c(C(=O)NCCCOC2CCCCC2)cnn1-c1ccc(F)cc1. The van der Waals surface area contributed by atoms with E-state index >= 15 is 0 Å².